The summed E-state index contributed by atoms with van der Waals surface area (Å²) in [5.74, 6) is 0.183. The summed E-state index contributed by atoms with van der Waals surface area (Å²) in [4.78, 5) is 21.2. The Balaban J connectivity index is 1.89. The SMILES string of the molecule is CCCC(=O)Nc1ccc2nc(-c3ccccn3)c(-c3ccc(O)cc3)n2c1. The minimum Gasteiger partial charge on any atom is -0.508 e. The largest absolute Gasteiger partial charge is 0.508 e. The first-order valence-electron chi connectivity index (χ1n) is 9.18. The predicted molar refractivity (Wildman–Crippen MR) is 109 cm³/mol. The van der Waals surface area contributed by atoms with Gasteiger partial charge in [-0.1, -0.05) is 13.0 Å². The highest BCUT2D eigenvalue weighted by molar-refractivity contribution is 5.91. The Morgan fingerprint density at radius 1 is 1.11 bits per heavy atom. The molecule has 0 bridgehead atoms. The van der Waals surface area contributed by atoms with E-state index in [1.807, 2.05) is 60.0 Å². The topological polar surface area (TPSA) is 79.5 Å². The zero-order chi connectivity index (χ0) is 19.5. The lowest BCUT2D eigenvalue weighted by Gasteiger charge is -2.08. The molecule has 4 aromatic rings. The number of phenolic OH excluding ortho intramolecular Hbond substituents is 1. The lowest BCUT2D eigenvalue weighted by atomic mass is 10.1. The number of aromatic nitrogens is 3. The average molecular weight is 372 g/mol. The number of carbonyl (C=O) groups excluding carboxylic acids is 1. The quantitative estimate of drug-likeness (QED) is 0.540. The molecule has 3 aromatic heterocycles. The molecule has 0 aliphatic carbocycles. The fraction of sp³-hybridized carbons (Fsp3) is 0.136. The van der Waals surface area contributed by atoms with Crippen molar-refractivity contribution in [2.45, 2.75) is 19.8 Å². The standard InChI is InChI=1S/C22H20N4O2/c1-2-5-20(28)24-16-9-12-19-25-21(18-6-3-4-13-23-18)22(26(19)14-16)15-7-10-17(27)11-8-15/h3-4,6-14,27H,2,5H2,1H3,(H,24,28). The molecule has 1 amide bonds. The zero-order valence-electron chi connectivity index (χ0n) is 15.5. The summed E-state index contributed by atoms with van der Waals surface area (Å²) >= 11 is 0. The van der Waals surface area contributed by atoms with Gasteiger partial charge in [0, 0.05) is 24.4 Å². The summed E-state index contributed by atoms with van der Waals surface area (Å²) in [6.45, 7) is 1.97. The van der Waals surface area contributed by atoms with Gasteiger partial charge >= 0.3 is 0 Å². The molecular weight excluding hydrogens is 352 g/mol. The molecule has 4 rings (SSSR count). The summed E-state index contributed by atoms with van der Waals surface area (Å²) in [5.41, 5.74) is 4.69. The van der Waals surface area contributed by atoms with Gasteiger partial charge in [-0.15, -0.1) is 0 Å². The van der Waals surface area contributed by atoms with Crippen molar-refractivity contribution in [1.29, 1.82) is 0 Å². The molecule has 140 valence electrons. The van der Waals surface area contributed by atoms with E-state index in [0.717, 1.165) is 34.7 Å². The molecule has 3 heterocycles. The van der Waals surface area contributed by atoms with Crippen molar-refractivity contribution in [2.75, 3.05) is 5.32 Å². The molecule has 0 fully saturated rings. The number of phenols is 1. The van der Waals surface area contributed by atoms with E-state index in [2.05, 4.69) is 10.3 Å². The lowest BCUT2D eigenvalue weighted by Crippen LogP contribution is -2.11. The highest BCUT2D eigenvalue weighted by atomic mass is 16.3. The fourth-order valence-corrected chi connectivity index (χ4v) is 3.15. The Bertz CT molecular complexity index is 1120. The van der Waals surface area contributed by atoms with Crippen LogP contribution in [0.4, 0.5) is 5.69 Å². The third-order valence-corrected chi connectivity index (χ3v) is 4.43. The number of anilines is 1. The van der Waals surface area contributed by atoms with Gasteiger partial charge in [-0.2, -0.15) is 0 Å². The molecule has 0 aliphatic heterocycles. The number of nitrogens with zero attached hydrogens (tertiary/aromatic N) is 3. The number of aromatic hydroxyl groups is 1. The van der Waals surface area contributed by atoms with Crippen LogP contribution < -0.4 is 5.32 Å². The van der Waals surface area contributed by atoms with Crippen LogP contribution in [0.2, 0.25) is 0 Å². The molecule has 0 saturated carbocycles. The van der Waals surface area contributed by atoms with Crippen molar-refractivity contribution >= 4 is 17.2 Å². The Hall–Kier alpha value is -3.67. The minimum absolute atomic E-state index is 0.0156. The number of hydrogen-bond acceptors (Lipinski definition) is 4. The van der Waals surface area contributed by atoms with Crippen LogP contribution in [0.25, 0.3) is 28.3 Å². The maximum Gasteiger partial charge on any atom is 0.224 e. The normalized spacial score (nSPS) is 10.9. The van der Waals surface area contributed by atoms with E-state index in [0.29, 0.717) is 12.1 Å². The van der Waals surface area contributed by atoms with E-state index >= 15 is 0 Å². The number of fused-ring (bicyclic) bond motifs is 1. The van der Waals surface area contributed by atoms with E-state index < -0.39 is 0 Å². The number of imidazole rings is 1. The smallest absolute Gasteiger partial charge is 0.224 e. The summed E-state index contributed by atoms with van der Waals surface area (Å²) < 4.78 is 1.94. The summed E-state index contributed by atoms with van der Waals surface area (Å²) in [7, 11) is 0. The van der Waals surface area contributed by atoms with Crippen molar-refractivity contribution in [3.05, 3.63) is 67.0 Å². The van der Waals surface area contributed by atoms with Crippen molar-refractivity contribution in [3.8, 4) is 28.4 Å². The Morgan fingerprint density at radius 3 is 2.64 bits per heavy atom. The summed E-state index contributed by atoms with van der Waals surface area (Å²) in [6.07, 6.45) is 4.87. The van der Waals surface area contributed by atoms with Crippen LogP contribution in [0.1, 0.15) is 19.8 Å². The van der Waals surface area contributed by atoms with E-state index in [4.69, 9.17) is 4.98 Å². The van der Waals surface area contributed by atoms with Crippen LogP contribution in [0.5, 0.6) is 5.75 Å². The van der Waals surface area contributed by atoms with Crippen LogP contribution in [-0.4, -0.2) is 25.4 Å². The minimum atomic E-state index is -0.0156. The van der Waals surface area contributed by atoms with Gasteiger partial charge < -0.3 is 10.4 Å². The molecule has 28 heavy (non-hydrogen) atoms. The predicted octanol–water partition coefficient (Wildman–Crippen LogP) is 4.51. The second-order valence-corrected chi connectivity index (χ2v) is 6.52. The molecule has 0 aliphatic rings. The van der Waals surface area contributed by atoms with Crippen molar-refractivity contribution in [3.63, 3.8) is 0 Å². The van der Waals surface area contributed by atoms with Crippen LogP contribution in [0.3, 0.4) is 0 Å². The van der Waals surface area contributed by atoms with Crippen LogP contribution in [0.15, 0.2) is 67.0 Å². The zero-order valence-corrected chi connectivity index (χ0v) is 15.5. The molecule has 0 atom stereocenters. The molecule has 0 radical (unpaired) electrons. The highest BCUT2D eigenvalue weighted by Crippen LogP contribution is 2.33. The second kappa shape index (κ2) is 7.52. The number of pyridine rings is 2. The van der Waals surface area contributed by atoms with Crippen LogP contribution in [-0.2, 0) is 4.79 Å². The number of benzene rings is 1. The lowest BCUT2D eigenvalue weighted by molar-refractivity contribution is -0.116. The molecule has 0 unspecified atom stereocenters. The first kappa shape index (κ1) is 17.7. The van der Waals surface area contributed by atoms with Gasteiger partial charge in [0.15, 0.2) is 0 Å². The number of rotatable bonds is 5. The third kappa shape index (κ3) is 3.44. The first-order valence-corrected chi connectivity index (χ1v) is 9.18. The maximum absolute atomic E-state index is 12.0. The first-order chi connectivity index (χ1) is 13.7. The maximum atomic E-state index is 12.0. The molecule has 6 heteroatoms. The Kier molecular flexibility index (Phi) is 4.76. The van der Waals surface area contributed by atoms with E-state index in [1.165, 1.54) is 0 Å². The summed E-state index contributed by atoms with van der Waals surface area (Å²) in [6, 6.07) is 16.4. The van der Waals surface area contributed by atoms with Gasteiger partial charge in [0.05, 0.1) is 17.1 Å². The van der Waals surface area contributed by atoms with E-state index in [-0.39, 0.29) is 11.7 Å². The number of hydrogen-bond donors (Lipinski definition) is 2. The van der Waals surface area contributed by atoms with Crippen molar-refractivity contribution in [2.24, 2.45) is 0 Å². The Labute approximate surface area is 162 Å². The number of carbonyl (C=O) groups is 1. The molecule has 2 N–H and O–H groups in total. The molecular formula is C22H20N4O2. The van der Waals surface area contributed by atoms with Gasteiger partial charge in [0.25, 0.3) is 0 Å². The van der Waals surface area contributed by atoms with Crippen LogP contribution in [0, 0.1) is 0 Å². The summed E-state index contributed by atoms with van der Waals surface area (Å²) in [5, 5.41) is 12.6. The van der Waals surface area contributed by atoms with E-state index in [1.54, 1.807) is 18.3 Å². The number of amides is 1. The van der Waals surface area contributed by atoms with Crippen LogP contribution >= 0.6 is 0 Å². The van der Waals surface area contributed by atoms with Crippen molar-refractivity contribution in [1.82, 2.24) is 14.4 Å². The Morgan fingerprint density at radius 2 is 1.93 bits per heavy atom. The average Bonchev–Trinajstić information content (AvgIpc) is 3.08. The molecule has 6 nitrogen and oxygen atoms in total. The van der Waals surface area contributed by atoms with Crippen molar-refractivity contribution < 1.29 is 9.90 Å². The molecule has 0 saturated heterocycles. The fourth-order valence-electron chi connectivity index (χ4n) is 3.15. The second-order valence-electron chi connectivity index (χ2n) is 6.52. The van der Waals surface area contributed by atoms with Gasteiger partial charge in [-0.25, -0.2) is 4.98 Å². The van der Waals surface area contributed by atoms with Gasteiger partial charge in [0.2, 0.25) is 5.91 Å². The monoisotopic (exact) mass is 372 g/mol. The highest BCUT2D eigenvalue weighted by Gasteiger charge is 2.17. The van der Waals surface area contributed by atoms with E-state index in [9.17, 15) is 9.90 Å². The van der Waals surface area contributed by atoms with Gasteiger partial charge in [0.1, 0.15) is 17.1 Å². The number of nitrogens with one attached hydrogen (secondary N) is 1. The van der Waals surface area contributed by atoms with Gasteiger partial charge in [-0.05, 0) is 55.0 Å². The molecule has 1 aromatic carbocycles. The third-order valence-electron chi connectivity index (χ3n) is 4.43. The molecule has 0 spiro atoms. The van der Waals surface area contributed by atoms with Gasteiger partial charge in [-0.3, -0.25) is 14.2 Å².